The first kappa shape index (κ1) is 9.41. The molecule has 15 heavy (non-hydrogen) atoms. The minimum Gasteiger partial charge on any atom is -0.325 e. The molecular weight excluding hydrogens is 182 g/mol. The molecule has 0 radical (unpaired) electrons. The highest BCUT2D eigenvalue weighted by molar-refractivity contribution is 5.23. The SMILES string of the molecule is NC1(Cc2ccccc2)CC1C1CCC1. The van der Waals surface area contributed by atoms with Crippen molar-refractivity contribution in [3.05, 3.63) is 35.9 Å². The fourth-order valence-corrected chi connectivity index (χ4v) is 3.01. The van der Waals surface area contributed by atoms with E-state index in [0.29, 0.717) is 0 Å². The van der Waals surface area contributed by atoms with E-state index in [0.717, 1.165) is 18.3 Å². The van der Waals surface area contributed by atoms with Crippen molar-refractivity contribution in [2.24, 2.45) is 17.6 Å². The molecule has 0 amide bonds. The Kier molecular flexibility index (Phi) is 2.10. The molecule has 2 unspecified atom stereocenters. The van der Waals surface area contributed by atoms with Gasteiger partial charge in [0.15, 0.2) is 0 Å². The van der Waals surface area contributed by atoms with E-state index in [1.807, 2.05) is 0 Å². The van der Waals surface area contributed by atoms with Crippen molar-refractivity contribution < 1.29 is 0 Å². The molecule has 2 fully saturated rings. The van der Waals surface area contributed by atoms with Crippen molar-refractivity contribution in [2.75, 3.05) is 0 Å². The highest BCUT2D eigenvalue weighted by Gasteiger charge is 2.55. The summed E-state index contributed by atoms with van der Waals surface area (Å²) in [7, 11) is 0. The third-order valence-electron chi connectivity index (χ3n) is 4.27. The van der Waals surface area contributed by atoms with Crippen LogP contribution in [0.2, 0.25) is 0 Å². The molecule has 2 atom stereocenters. The molecule has 1 heteroatoms. The summed E-state index contributed by atoms with van der Waals surface area (Å²) in [6, 6.07) is 10.7. The molecule has 3 rings (SSSR count). The summed E-state index contributed by atoms with van der Waals surface area (Å²) in [5, 5.41) is 0. The number of nitrogens with two attached hydrogens (primary N) is 1. The summed E-state index contributed by atoms with van der Waals surface area (Å²) in [6.45, 7) is 0. The highest BCUT2D eigenvalue weighted by atomic mass is 14.9. The van der Waals surface area contributed by atoms with Crippen molar-refractivity contribution >= 4 is 0 Å². The Labute approximate surface area is 91.7 Å². The Balaban J connectivity index is 1.64. The lowest BCUT2D eigenvalue weighted by molar-refractivity contribution is 0.257. The second-order valence-electron chi connectivity index (χ2n) is 5.40. The predicted molar refractivity (Wildman–Crippen MR) is 62.5 cm³/mol. The average Bonchev–Trinajstić information content (AvgIpc) is 2.76. The van der Waals surface area contributed by atoms with Gasteiger partial charge in [-0.2, -0.15) is 0 Å². The predicted octanol–water partition coefficient (Wildman–Crippen LogP) is 2.75. The van der Waals surface area contributed by atoms with Crippen LogP contribution >= 0.6 is 0 Å². The fourth-order valence-electron chi connectivity index (χ4n) is 3.01. The van der Waals surface area contributed by atoms with Crippen LogP contribution in [0.3, 0.4) is 0 Å². The number of hydrogen-bond acceptors (Lipinski definition) is 1. The summed E-state index contributed by atoms with van der Waals surface area (Å²) in [4.78, 5) is 0. The van der Waals surface area contributed by atoms with Crippen LogP contribution in [0.25, 0.3) is 0 Å². The van der Waals surface area contributed by atoms with Crippen LogP contribution in [0, 0.1) is 11.8 Å². The Bertz CT molecular complexity index is 342. The van der Waals surface area contributed by atoms with Crippen LogP contribution < -0.4 is 5.73 Å². The lowest BCUT2D eigenvalue weighted by Gasteiger charge is -2.27. The third kappa shape index (κ3) is 1.69. The molecule has 0 aromatic heterocycles. The Hall–Kier alpha value is -0.820. The highest BCUT2D eigenvalue weighted by Crippen LogP contribution is 2.54. The smallest absolute Gasteiger partial charge is 0.0230 e. The Morgan fingerprint density at radius 1 is 1.20 bits per heavy atom. The maximum Gasteiger partial charge on any atom is 0.0230 e. The summed E-state index contributed by atoms with van der Waals surface area (Å²) in [5.74, 6) is 1.78. The molecule has 0 saturated heterocycles. The maximum atomic E-state index is 6.43. The zero-order valence-corrected chi connectivity index (χ0v) is 9.15. The van der Waals surface area contributed by atoms with Crippen LogP contribution in [0.1, 0.15) is 31.2 Å². The molecule has 0 heterocycles. The lowest BCUT2D eigenvalue weighted by Crippen LogP contribution is -2.31. The Morgan fingerprint density at radius 3 is 2.53 bits per heavy atom. The van der Waals surface area contributed by atoms with Gasteiger partial charge in [0, 0.05) is 5.54 Å². The average molecular weight is 201 g/mol. The first-order valence-electron chi connectivity index (χ1n) is 6.11. The number of benzene rings is 1. The molecule has 1 aromatic carbocycles. The topological polar surface area (TPSA) is 26.0 Å². The molecule has 2 N–H and O–H groups in total. The van der Waals surface area contributed by atoms with Crippen LogP contribution in [0.15, 0.2) is 30.3 Å². The first-order chi connectivity index (χ1) is 7.28. The molecule has 2 saturated carbocycles. The van der Waals surface area contributed by atoms with E-state index in [1.54, 1.807) is 0 Å². The van der Waals surface area contributed by atoms with Crippen LogP contribution in [-0.4, -0.2) is 5.54 Å². The molecule has 0 bridgehead atoms. The van der Waals surface area contributed by atoms with Gasteiger partial charge in [-0.25, -0.2) is 0 Å². The minimum absolute atomic E-state index is 0.145. The second kappa shape index (κ2) is 3.34. The minimum atomic E-state index is 0.145. The monoisotopic (exact) mass is 201 g/mol. The van der Waals surface area contributed by atoms with Crippen molar-refractivity contribution in [2.45, 2.75) is 37.6 Å². The molecule has 0 spiro atoms. The van der Waals surface area contributed by atoms with E-state index in [9.17, 15) is 0 Å². The van der Waals surface area contributed by atoms with E-state index >= 15 is 0 Å². The van der Waals surface area contributed by atoms with Gasteiger partial charge in [-0.15, -0.1) is 0 Å². The maximum absolute atomic E-state index is 6.43. The van der Waals surface area contributed by atoms with Crippen molar-refractivity contribution in [1.29, 1.82) is 0 Å². The van der Waals surface area contributed by atoms with Gasteiger partial charge in [0.25, 0.3) is 0 Å². The van der Waals surface area contributed by atoms with E-state index < -0.39 is 0 Å². The quantitative estimate of drug-likeness (QED) is 0.799. The molecular formula is C14H19N. The van der Waals surface area contributed by atoms with Gasteiger partial charge in [0.2, 0.25) is 0 Å². The second-order valence-corrected chi connectivity index (χ2v) is 5.40. The van der Waals surface area contributed by atoms with Gasteiger partial charge in [-0.05, 0) is 30.2 Å². The van der Waals surface area contributed by atoms with Crippen molar-refractivity contribution in [3.8, 4) is 0 Å². The first-order valence-corrected chi connectivity index (χ1v) is 6.11. The number of hydrogen-bond donors (Lipinski definition) is 1. The van der Waals surface area contributed by atoms with Gasteiger partial charge < -0.3 is 5.73 Å². The molecule has 2 aliphatic rings. The standard InChI is InChI=1S/C14H19N/c15-14(9-11-5-2-1-3-6-11)10-13(14)12-7-4-8-12/h1-3,5-6,12-13H,4,7-10,15H2. The third-order valence-corrected chi connectivity index (χ3v) is 4.27. The lowest BCUT2D eigenvalue weighted by atomic mass is 9.79. The van der Waals surface area contributed by atoms with Crippen molar-refractivity contribution in [3.63, 3.8) is 0 Å². The van der Waals surface area contributed by atoms with Crippen LogP contribution in [-0.2, 0) is 6.42 Å². The van der Waals surface area contributed by atoms with Gasteiger partial charge in [-0.1, -0.05) is 49.6 Å². The summed E-state index contributed by atoms with van der Waals surface area (Å²) in [6.07, 6.45) is 6.63. The van der Waals surface area contributed by atoms with E-state index in [1.165, 1.54) is 31.2 Å². The Morgan fingerprint density at radius 2 is 1.93 bits per heavy atom. The van der Waals surface area contributed by atoms with Crippen LogP contribution in [0.4, 0.5) is 0 Å². The molecule has 1 nitrogen and oxygen atoms in total. The molecule has 2 aliphatic carbocycles. The van der Waals surface area contributed by atoms with Gasteiger partial charge >= 0.3 is 0 Å². The van der Waals surface area contributed by atoms with E-state index in [-0.39, 0.29) is 5.54 Å². The zero-order chi connectivity index (χ0) is 10.3. The zero-order valence-electron chi connectivity index (χ0n) is 9.15. The number of rotatable bonds is 3. The summed E-state index contributed by atoms with van der Waals surface area (Å²) in [5.41, 5.74) is 7.98. The fraction of sp³-hybridized carbons (Fsp3) is 0.571. The molecule has 0 aliphatic heterocycles. The normalized spacial score (nSPS) is 34.9. The van der Waals surface area contributed by atoms with Gasteiger partial charge in [-0.3, -0.25) is 0 Å². The molecule has 1 aromatic rings. The summed E-state index contributed by atoms with van der Waals surface area (Å²) < 4.78 is 0. The molecule has 80 valence electrons. The van der Waals surface area contributed by atoms with Gasteiger partial charge in [0.05, 0.1) is 0 Å². The largest absolute Gasteiger partial charge is 0.325 e. The van der Waals surface area contributed by atoms with E-state index in [2.05, 4.69) is 30.3 Å². The van der Waals surface area contributed by atoms with Crippen molar-refractivity contribution in [1.82, 2.24) is 0 Å². The summed E-state index contributed by atoms with van der Waals surface area (Å²) >= 11 is 0. The van der Waals surface area contributed by atoms with Gasteiger partial charge in [0.1, 0.15) is 0 Å². The van der Waals surface area contributed by atoms with E-state index in [4.69, 9.17) is 5.73 Å². The van der Waals surface area contributed by atoms with Crippen LogP contribution in [0.5, 0.6) is 0 Å².